The summed E-state index contributed by atoms with van der Waals surface area (Å²) < 4.78 is 12.6. The van der Waals surface area contributed by atoms with E-state index in [2.05, 4.69) is 4.98 Å². The van der Waals surface area contributed by atoms with Gasteiger partial charge in [-0.1, -0.05) is 12.1 Å². The Kier molecular flexibility index (Phi) is 3.31. The van der Waals surface area contributed by atoms with E-state index in [1.54, 1.807) is 0 Å². The third-order valence-electron chi connectivity index (χ3n) is 3.39. The van der Waals surface area contributed by atoms with E-state index >= 15 is 0 Å². The number of ketones is 1. The summed E-state index contributed by atoms with van der Waals surface area (Å²) in [4.78, 5) is 16.6. The van der Waals surface area contributed by atoms with Crippen molar-refractivity contribution in [3.63, 3.8) is 0 Å². The molecule has 1 aliphatic rings. The zero-order valence-corrected chi connectivity index (χ0v) is 10.8. The Hall–Kier alpha value is -1.72. The molecule has 2 aromatic rings. The summed E-state index contributed by atoms with van der Waals surface area (Å²) in [6.45, 7) is 1.40. The average Bonchev–Trinajstić information content (AvgIpc) is 2.77. The first-order valence-electron chi connectivity index (χ1n) is 6.38. The minimum atomic E-state index is -0.450. The number of aromatic nitrogens is 2. The number of rotatable bonds is 3. The number of benzene rings is 1. The van der Waals surface area contributed by atoms with Gasteiger partial charge in [-0.05, 0) is 12.1 Å². The van der Waals surface area contributed by atoms with Crippen LogP contribution in [-0.4, -0.2) is 41.3 Å². The first-order valence-corrected chi connectivity index (χ1v) is 6.38. The number of Topliss-reactive ketones (excluding diaryl/α,β-unsaturated/α-hetero) is 1. The maximum Gasteiger partial charge on any atom is 0.171 e. The van der Waals surface area contributed by atoms with Crippen LogP contribution in [0.2, 0.25) is 0 Å². The molecule has 1 aromatic carbocycles. The second-order valence-electron chi connectivity index (χ2n) is 4.65. The fraction of sp³-hybridized carbons (Fsp3) is 0.429. The Morgan fingerprint density at radius 3 is 3.00 bits per heavy atom. The van der Waals surface area contributed by atoms with E-state index in [-0.39, 0.29) is 12.2 Å². The van der Waals surface area contributed by atoms with Crippen LogP contribution < -0.4 is 0 Å². The maximum absolute atomic E-state index is 12.1. The van der Waals surface area contributed by atoms with Crippen LogP contribution in [-0.2, 0) is 27.7 Å². The Morgan fingerprint density at radius 1 is 1.42 bits per heavy atom. The van der Waals surface area contributed by atoms with Gasteiger partial charge in [0, 0.05) is 7.05 Å². The molecule has 1 saturated heterocycles. The highest BCUT2D eigenvalue weighted by atomic mass is 16.6. The molecule has 0 radical (unpaired) electrons. The fourth-order valence-electron chi connectivity index (χ4n) is 2.30. The molecule has 0 bridgehead atoms. The van der Waals surface area contributed by atoms with Gasteiger partial charge in [-0.3, -0.25) is 4.79 Å². The smallest absolute Gasteiger partial charge is 0.171 e. The number of fused-ring (bicyclic) bond motifs is 1. The van der Waals surface area contributed by atoms with Crippen LogP contribution in [0.1, 0.15) is 5.82 Å². The van der Waals surface area contributed by atoms with Gasteiger partial charge in [-0.15, -0.1) is 0 Å². The Labute approximate surface area is 111 Å². The van der Waals surface area contributed by atoms with Crippen molar-refractivity contribution in [2.45, 2.75) is 12.5 Å². The molecular weight excluding hydrogens is 244 g/mol. The monoisotopic (exact) mass is 260 g/mol. The summed E-state index contributed by atoms with van der Waals surface area (Å²) in [5.41, 5.74) is 1.94. The topological polar surface area (TPSA) is 53.4 Å². The average molecular weight is 260 g/mol. The molecule has 2 heterocycles. The molecule has 0 amide bonds. The molecule has 5 nitrogen and oxygen atoms in total. The number of hydrogen-bond donors (Lipinski definition) is 0. The second kappa shape index (κ2) is 5.11. The number of carbonyl (C=O) groups is 1. The van der Waals surface area contributed by atoms with Gasteiger partial charge < -0.3 is 14.0 Å². The van der Waals surface area contributed by atoms with E-state index in [1.165, 1.54) is 0 Å². The summed E-state index contributed by atoms with van der Waals surface area (Å²) in [5.74, 6) is 0.790. The molecule has 5 heteroatoms. The molecule has 100 valence electrons. The summed E-state index contributed by atoms with van der Waals surface area (Å²) >= 11 is 0. The van der Waals surface area contributed by atoms with E-state index in [0.717, 1.165) is 16.9 Å². The number of carbonyl (C=O) groups excluding carboxylic acids is 1. The molecule has 3 rings (SSSR count). The van der Waals surface area contributed by atoms with Crippen molar-refractivity contribution in [2.24, 2.45) is 7.05 Å². The molecule has 1 aromatic heterocycles. The summed E-state index contributed by atoms with van der Waals surface area (Å²) in [7, 11) is 1.93. The molecule has 1 unspecified atom stereocenters. The Balaban J connectivity index is 1.81. The van der Waals surface area contributed by atoms with Gasteiger partial charge in [0.1, 0.15) is 11.9 Å². The summed E-state index contributed by atoms with van der Waals surface area (Å²) in [5, 5.41) is 0. The largest absolute Gasteiger partial charge is 0.376 e. The number of aryl methyl sites for hydroxylation is 1. The van der Waals surface area contributed by atoms with Crippen molar-refractivity contribution in [1.82, 2.24) is 9.55 Å². The quantitative estimate of drug-likeness (QED) is 0.829. The van der Waals surface area contributed by atoms with Gasteiger partial charge in [0.25, 0.3) is 0 Å². The lowest BCUT2D eigenvalue weighted by Gasteiger charge is -2.21. The maximum atomic E-state index is 12.1. The summed E-state index contributed by atoms with van der Waals surface area (Å²) in [6.07, 6.45) is -0.173. The van der Waals surface area contributed by atoms with Crippen molar-refractivity contribution in [3.8, 4) is 0 Å². The highest BCUT2D eigenvalue weighted by Crippen LogP contribution is 2.15. The molecule has 0 saturated carbocycles. The Morgan fingerprint density at radius 2 is 2.26 bits per heavy atom. The van der Waals surface area contributed by atoms with Crippen LogP contribution in [0.25, 0.3) is 11.0 Å². The van der Waals surface area contributed by atoms with E-state index in [4.69, 9.17) is 9.47 Å². The minimum absolute atomic E-state index is 0.0260. The van der Waals surface area contributed by atoms with Crippen LogP contribution in [0, 0.1) is 0 Å². The van der Waals surface area contributed by atoms with Crippen LogP contribution in [0.15, 0.2) is 24.3 Å². The normalized spacial score (nSPS) is 19.7. The van der Waals surface area contributed by atoms with Crippen LogP contribution in [0.4, 0.5) is 0 Å². The van der Waals surface area contributed by atoms with E-state index in [1.807, 2.05) is 35.9 Å². The summed E-state index contributed by atoms with van der Waals surface area (Å²) in [6, 6.07) is 7.85. The van der Waals surface area contributed by atoms with E-state index < -0.39 is 6.10 Å². The molecule has 1 fully saturated rings. The number of imidazole rings is 1. The van der Waals surface area contributed by atoms with Crippen LogP contribution in [0.5, 0.6) is 0 Å². The van der Waals surface area contributed by atoms with Gasteiger partial charge >= 0.3 is 0 Å². The van der Waals surface area contributed by atoms with Crippen molar-refractivity contribution in [2.75, 3.05) is 19.8 Å². The number of nitrogens with zero attached hydrogens (tertiary/aromatic N) is 2. The number of para-hydroxylation sites is 2. The third kappa shape index (κ3) is 2.39. The van der Waals surface area contributed by atoms with Gasteiger partial charge in [-0.2, -0.15) is 0 Å². The van der Waals surface area contributed by atoms with Crippen molar-refractivity contribution in [3.05, 3.63) is 30.1 Å². The van der Waals surface area contributed by atoms with Gasteiger partial charge in [-0.25, -0.2) is 4.98 Å². The molecule has 0 N–H and O–H groups in total. The predicted octanol–water partition coefficient (Wildman–Crippen LogP) is 1.10. The molecule has 1 atom stereocenters. The van der Waals surface area contributed by atoms with E-state index in [9.17, 15) is 4.79 Å². The lowest BCUT2D eigenvalue weighted by molar-refractivity contribution is -0.144. The van der Waals surface area contributed by atoms with Gasteiger partial charge in [0.15, 0.2) is 5.78 Å². The zero-order chi connectivity index (χ0) is 13.2. The van der Waals surface area contributed by atoms with Crippen molar-refractivity contribution >= 4 is 16.8 Å². The van der Waals surface area contributed by atoms with Crippen molar-refractivity contribution < 1.29 is 14.3 Å². The first-order chi connectivity index (χ1) is 9.25. The van der Waals surface area contributed by atoms with Crippen LogP contribution >= 0.6 is 0 Å². The fourth-order valence-corrected chi connectivity index (χ4v) is 2.30. The highest BCUT2D eigenvalue weighted by Gasteiger charge is 2.24. The standard InChI is InChI=1S/C14H16N2O3/c1-16-11-5-3-2-4-10(11)15-14(16)8-12(17)13-9-18-6-7-19-13/h2-5,13H,6-9H2,1H3. The predicted molar refractivity (Wildman–Crippen MR) is 70.0 cm³/mol. The van der Waals surface area contributed by atoms with Gasteiger partial charge in [0.05, 0.1) is 37.3 Å². The van der Waals surface area contributed by atoms with E-state index in [0.29, 0.717) is 19.8 Å². The lowest BCUT2D eigenvalue weighted by atomic mass is 10.1. The van der Waals surface area contributed by atoms with Gasteiger partial charge in [0.2, 0.25) is 0 Å². The van der Waals surface area contributed by atoms with Crippen LogP contribution in [0.3, 0.4) is 0 Å². The second-order valence-corrected chi connectivity index (χ2v) is 4.65. The SMILES string of the molecule is Cn1c(CC(=O)C2COCCO2)nc2ccccc21. The highest BCUT2D eigenvalue weighted by molar-refractivity contribution is 5.86. The third-order valence-corrected chi connectivity index (χ3v) is 3.39. The van der Waals surface area contributed by atoms with Crippen molar-refractivity contribution in [1.29, 1.82) is 0 Å². The number of ether oxygens (including phenoxy) is 2. The molecule has 0 spiro atoms. The Bertz CT molecular complexity index is 600. The molecule has 0 aliphatic carbocycles. The zero-order valence-electron chi connectivity index (χ0n) is 10.8. The molecular formula is C14H16N2O3. The number of hydrogen-bond acceptors (Lipinski definition) is 4. The molecule has 19 heavy (non-hydrogen) atoms. The lowest BCUT2D eigenvalue weighted by Crippen LogP contribution is -2.36. The first kappa shape index (κ1) is 12.3. The minimum Gasteiger partial charge on any atom is -0.376 e. The molecule has 1 aliphatic heterocycles.